The molecule has 0 aliphatic carbocycles. The van der Waals surface area contributed by atoms with Gasteiger partial charge in [0.15, 0.2) is 6.29 Å². The van der Waals surface area contributed by atoms with Gasteiger partial charge in [-0.25, -0.2) is 0 Å². The molecule has 6 nitrogen and oxygen atoms in total. The largest absolute Gasteiger partial charge is 0.491 e. The van der Waals surface area contributed by atoms with Gasteiger partial charge in [0, 0.05) is 6.07 Å². The van der Waals surface area contributed by atoms with Gasteiger partial charge in [-0.3, -0.25) is 14.9 Å². The van der Waals surface area contributed by atoms with E-state index in [1.807, 2.05) is 0 Å². The van der Waals surface area contributed by atoms with Crippen molar-refractivity contribution < 1.29 is 19.2 Å². The van der Waals surface area contributed by atoms with Gasteiger partial charge in [0.05, 0.1) is 17.1 Å². The molecule has 0 spiro atoms. The fraction of sp³-hybridized carbons (Fsp3) is 0.300. The van der Waals surface area contributed by atoms with E-state index < -0.39 is 4.92 Å². The second kappa shape index (κ2) is 4.28. The number of rotatable bonds is 5. The first-order chi connectivity index (χ1) is 7.70. The molecule has 1 fully saturated rings. The highest BCUT2D eigenvalue weighted by atomic mass is 16.6. The highest BCUT2D eigenvalue weighted by Gasteiger charge is 2.23. The van der Waals surface area contributed by atoms with E-state index in [2.05, 4.69) is 0 Å². The first kappa shape index (κ1) is 10.6. The molecule has 0 amide bonds. The van der Waals surface area contributed by atoms with Crippen LogP contribution in [0.2, 0.25) is 0 Å². The summed E-state index contributed by atoms with van der Waals surface area (Å²) in [5.41, 5.74) is -0.204. The van der Waals surface area contributed by atoms with Gasteiger partial charge in [-0.15, -0.1) is 0 Å². The van der Waals surface area contributed by atoms with Crippen LogP contribution >= 0.6 is 0 Å². The predicted octanol–water partition coefficient (Wildman–Crippen LogP) is 1.18. The lowest BCUT2D eigenvalue weighted by molar-refractivity contribution is -0.385. The second-order valence-electron chi connectivity index (χ2n) is 3.36. The highest BCUT2D eigenvalue weighted by molar-refractivity contribution is 5.82. The van der Waals surface area contributed by atoms with Crippen LogP contribution in [0.3, 0.4) is 0 Å². The molecule has 1 aromatic rings. The fourth-order valence-electron chi connectivity index (χ4n) is 1.24. The van der Waals surface area contributed by atoms with Crippen molar-refractivity contribution in [2.75, 3.05) is 13.2 Å². The number of hydrogen-bond donors (Lipinski definition) is 0. The van der Waals surface area contributed by atoms with Crippen LogP contribution in [0.5, 0.6) is 5.75 Å². The minimum Gasteiger partial charge on any atom is -0.491 e. The monoisotopic (exact) mass is 223 g/mol. The quantitative estimate of drug-likeness (QED) is 0.324. The third-order valence-corrected chi connectivity index (χ3v) is 2.16. The molecule has 1 aliphatic rings. The molecule has 1 saturated heterocycles. The molecule has 1 heterocycles. The summed E-state index contributed by atoms with van der Waals surface area (Å²) < 4.78 is 10.2. The van der Waals surface area contributed by atoms with Crippen molar-refractivity contribution in [3.05, 3.63) is 33.9 Å². The van der Waals surface area contributed by atoms with Gasteiger partial charge >= 0.3 is 0 Å². The van der Waals surface area contributed by atoms with Crippen LogP contribution in [0.4, 0.5) is 5.69 Å². The number of carbonyl (C=O) groups excluding carboxylic acids is 1. The van der Waals surface area contributed by atoms with Crippen molar-refractivity contribution in [3.8, 4) is 5.75 Å². The van der Waals surface area contributed by atoms with Crippen molar-refractivity contribution in [1.29, 1.82) is 0 Å². The van der Waals surface area contributed by atoms with E-state index in [4.69, 9.17) is 9.47 Å². The summed E-state index contributed by atoms with van der Waals surface area (Å²) >= 11 is 0. The maximum Gasteiger partial charge on any atom is 0.280 e. The van der Waals surface area contributed by atoms with Gasteiger partial charge in [0.1, 0.15) is 18.5 Å². The standard InChI is InChI=1S/C10H9NO5/c12-4-7-3-8(15-5-9-6-16-9)1-2-10(7)11(13)14/h1-4,9H,5-6H2. The Morgan fingerprint density at radius 1 is 1.62 bits per heavy atom. The molecule has 6 heteroatoms. The van der Waals surface area contributed by atoms with Crippen LogP contribution in [0, 0.1) is 10.1 Å². The Morgan fingerprint density at radius 2 is 2.38 bits per heavy atom. The zero-order valence-electron chi connectivity index (χ0n) is 8.29. The van der Waals surface area contributed by atoms with Crippen LogP contribution in [-0.2, 0) is 4.74 Å². The Hall–Kier alpha value is -1.95. The zero-order chi connectivity index (χ0) is 11.5. The molecule has 0 radical (unpaired) electrons. The van der Waals surface area contributed by atoms with E-state index in [9.17, 15) is 14.9 Å². The number of aldehydes is 1. The first-order valence-electron chi connectivity index (χ1n) is 4.68. The van der Waals surface area contributed by atoms with Crippen LogP contribution < -0.4 is 4.74 Å². The Balaban J connectivity index is 2.14. The number of hydrogen-bond acceptors (Lipinski definition) is 5. The minimum atomic E-state index is -0.600. The smallest absolute Gasteiger partial charge is 0.280 e. The van der Waals surface area contributed by atoms with Crippen LogP contribution in [-0.4, -0.2) is 30.5 Å². The highest BCUT2D eigenvalue weighted by Crippen LogP contribution is 2.23. The van der Waals surface area contributed by atoms with Gasteiger partial charge in [-0.05, 0) is 12.1 Å². The molecular weight excluding hydrogens is 214 g/mol. The average molecular weight is 223 g/mol. The van der Waals surface area contributed by atoms with Crippen molar-refractivity contribution in [1.82, 2.24) is 0 Å². The molecule has 0 saturated carbocycles. The molecule has 2 rings (SSSR count). The second-order valence-corrected chi connectivity index (χ2v) is 3.36. The van der Waals surface area contributed by atoms with E-state index in [1.165, 1.54) is 18.2 Å². The number of nitrogens with zero attached hydrogens (tertiary/aromatic N) is 1. The minimum absolute atomic E-state index is 0.0132. The lowest BCUT2D eigenvalue weighted by atomic mass is 10.2. The Labute approximate surface area is 90.9 Å². The van der Waals surface area contributed by atoms with E-state index >= 15 is 0 Å². The molecule has 0 N–H and O–H groups in total. The van der Waals surface area contributed by atoms with Gasteiger partial charge in [0.2, 0.25) is 0 Å². The lowest BCUT2D eigenvalue weighted by Gasteiger charge is -2.04. The number of nitro groups is 1. The number of nitro benzene ring substituents is 1. The predicted molar refractivity (Wildman–Crippen MR) is 53.7 cm³/mol. The van der Waals surface area contributed by atoms with Crippen molar-refractivity contribution in [3.63, 3.8) is 0 Å². The SMILES string of the molecule is O=Cc1cc(OCC2CO2)ccc1[N+](=O)[O-]. The van der Waals surface area contributed by atoms with Crippen molar-refractivity contribution in [2.24, 2.45) is 0 Å². The van der Waals surface area contributed by atoms with Crippen molar-refractivity contribution >= 4 is 12.0 Å². The summed E-state index contributed by atoms with van der Waals surface area (Å²) in [5, 5.41) is 10.6. The third kappa shape index (κ3) is 2.34. The van der Waals surface area contributed by atoms with Gasteiger partial charge < -0.3 is 9.47 Å². The lowest BCUT2D eigenvalue weighted by Crippen LogP contribution is -2.04. The van der Waals surface area contributed by atoms with Crippen LogP contribution in [0.15, 0.2) is 18.2 Å². The fourth-order valence-corrected chi connectivity index (χ4v) is 1.24. The summed E-state index contributed by atoms with van der Waals surface area (Å²) in [4.78, 5) is 20.6. The summed E-state index contributed by atoms with van der Waals surface area (Å²) in [7, 11) is 0. The van der Waals surface area contributed by atoms with Crippen molar-refractivity contribution in [2.45, 2.75) is 6.10 Å². The zero-order valence-corrected chi connectivity index (χ0v) is 8.29. The summed E-state index contributed by atoms with van der Waals surface area (Å²) in [6, 6.07) is 4.08. The first-order valence-corrected chi connectivity index (χ1v) is 4.68. The molecule has 84 valence electrons. The van der Waals surface area contributed by atoms with Crippen LogP contribution in [0.1, 0.15) is 10.4 Å². The molecule has 1 aromatic carbocycles. The molecule has 1 atom stereocenters. The van der Waals surface area contributed by atoms with Gasteiger partial charge in [0.25, 0.3) is 5.69 Å². The molecule has 0 bridgehead atoms. The summed E-state index contributed by atoms with van der Waals surface area (Å²) in [5.74, 6) is 0.434. The van der Waals surface area contributed by atoms with E-state index in [0.717, 1.165) is 0 Å². The molecule has 0 aromatic heterocycles. The number of ether oxygens (including phenoxy) is 2. The topological polar surface area (TPSA) is 82.0 Å². The summed E-state index contributed by atoms with van der Waals surface area (Å²) in [6.45, 7) is 1.07. The third-order valence-electron chi connectivity index (χ3n) is 2.16. The van der Waals surface area contributed by atoms with Gasteiger partial charge in [-0.2, -0.15) is 0 Å². The number of epoxide rings is 1. The Bertz CT molecular complexity index is 427. The maximum atomic E-state index is 10.6. The maximum absolute atomic E-state index is 10.6. The molecule has 1 unspecified atom stereocenters. The number of carbonyl (C=O) groups is 1. The normalized spacial score (nSPS) is 17.9. The van der Waals surface area contributed by atoms with Gasteiger partial charge in [-0.1, -0.05) is 0 Å². The van der Waals surface area contributed by atoms with E-state index in [-0.39, 0.29) is 17.4 Å². The number of benzene rings is 1. The Morgan fingerprint density at radius 3 is 2.94 bits per heavy atom. The van der Waals surface area contributed by atoms with Crippen LogP contribution in [0.25, 0.3) is 0 Å². The Kier molecular flexibility index (Phi) is 2.82. The molecule has 1 aliphatic heterocycles. The summed E-state index contributed by atoms with van der Waals surface area (Å²) in [6.07, 6.45) is 0.549. The van der Waals surface area contributed by atoms with E-state index in [1.54, 1.807) is 0 Å². The van der Waals surface area contributed by atoms with E-state index in [0.29, 0.717) is 25.2 Å². The molecular formula is C10H9NO5. The molecule has 16 heavy (non-hydrogen) atoms. The average Bonchev–Trinajstić information content (AvgIpc) is 3.09.